The van der Waals surface area contributed by atoms with Gasteiger partial charge in [-0.05, 0) is 37.6 Å². The zero-order chi connectivity index (χ0) is 22.2. The predicted molar refractivity (Wildman–Crippen MR) is 119 cm³/mol. The van der Waals surface area contributed by atoms with Crippen molar-refractivity contribution in [1.82, 2.24) is 28.5 Å². The van der Waals surface area contributed by atoms with Gasteiger partial charge >= 0.3 is 11.7 Å². The van der Waals surface area contributed by atoms with E-state index in [9.17, 15) is 9.59 Å². The van der Waals surface area contributed by atoms with Gasteiger partial charge in [0.05, 0.1) is 53.8 Å². The molecule has 0 saturated heterocycles. The second kappa shape index (κ2) is 7.77. The molecule has 0 amide bonds. The molecule has 1 aromatic carbocycles. The van der Waals surface area contributed by atoms with Gasteiger partial charge in [0.2, 0.25) is 0 Å². The van der Waals surface area contributed by atoms with E-state index >= 15 is 0 Å². The minimum atomic E-state index is -0.467. The number of hydrogen-bond acceptors (Lipinski definition) is 6. The van der Waals surface area contributed by atoms with E-state index < -0.39 is 5.97 Å². The largest absolute Gasteiger partial charge is 0.465 e. The molecule has 5 aromatic rings. The van der Waals surface area contributed by atoms with E-state index in [4.69, 9.17) is 4.74 Å². The van der Waals surface area contributed by atoms with Crippen molar-refractivity contribution in [1.29, 1.82) is 0 Å². The molecule has 9 nitrogen and oxygen atoms in total. The van der Waals surface area contributed by atoms with Gasteiger partial charge in [0, 0.05) is 11.8 Å². The van der Waals surface area contributed by atoms with Gasteiger partial charge < -0.3 is 9.14 Å². The van der Waals surface area contributed by atoms with Gasteiger partial charge in [0.25, 0.3) is 0 Å². The number of esters is 1. The number of nitrogens with zero attached hydrogens (tertiary/aromatic N) is 6. The maximum atomic E-state index is 13.3. The highest BCUT2D eigenvalue weighted by molar-refractivity contribution is 5.83. The Balaban J connectivity index is 1.63. The minimum Gasteiger partial charge on any atom is -0.465 e. The smallest absolute Gasteiger partial charge is 0.335 e. The standard InChI is InChI=1S/C23H20N6O3/c1-3-32-21(30)13-28-18-8-4-6-15(2)22(18)29(23(28)31)20-12-25-17(10-26-20)16-7-5-9-27-14-24-11-19(16)27/h4-12,14H,3,13H2,1-2H3. The lowest BCUT2D eigenvalue weighted by atomic mass is 10.2. The maximum Gasteiger partial charge on any atom is 0.335 e. The fraction of sp³-hybridized carbons (Fsp3) is 0.174. The van der Waals surface area contributed by atoms with Crippen LogP contribution < -0.4 is 5.69 Å². The molecule has 0 aliphatic heterocycles. The number of carbonyl (C=O) groups is 1. The van der Waals surface area contributed by atoms with Crippen LogP contribution in [0.5, 0.6) is 0 Å². The molecule has 0 bridgehead atoms. The van der Waals surface area contributed by atoms with Crippen molar-refractivity contribution >= 4 is 22.5 Å². The molecule has 5 rings (SSSR count). The van der Waals surface area contributed by atoms with Crippen molar-refractivity contribution in [2.75, 3.05) is 6.61 Å². The van der Waals surface area contributed by atoms with Crippen LogP contribution in [0.1, 0.15) is 12.5 Å². The van der Waals surface area contributed by atoms with Crippen LogP contribution in [0.25, 0.3) is 33.6 Å². The van der Waals surface area contributed by atoms with Crippen LogP contribution in [-0.2, 0) is 16.1 Å². The maximum absolute atomic E-state index is 13.3. The van der Waals surface area contributed by atoms with Crippen molar-refractivity contribution in [2.45, 2.75) is 20.4 Å². The predicted octanol–water partition coefficient (Wildman–Crippen LogP) is 2.77. The monoisotopic (exact) mass is 428 g/mol. The fourth-order valence-electron chi connectivity index (χ4n) is 3.91. The van der Waals surface area contributed by atoms with E-state index in [-0.39, 0.29) is 18.8 Å². The van der Waals surface area contributed by atoms with E-state index in [1.165, 1.54) is 9.13 Å². The number of aryl methyl sites for hydroxylation is 1. The molecule has 32 heavy (non-hydrogen) atoms. The van der Waals surface area contributed by atoms with Crippen molar-refractivity contribution < 1.29 is 9.53 Å². The Labute approximate surface area is 182 Å². The van der Waals surface area contributed by atoms with Gasteiger partial charge in [0.1, 0.15) is 6.54 Å². The lowest BCUT2D eigenvalue weighted by Gasteiger charge is -2.06. The van der Waals surface area contributed by atoms with Crippen molar-refractivity contribution in [3.63, 3.8) is 0 Å². The molecule has 4 aromatic heterocycles. The van der Waals surface area contributed by atoms with Gasteiger partial charge in [-0.2, -0.15) is 0 Å². The number of hydrogen-bond donors (Lipinski definition) is 0. The lowest BCUT2D eigenvalue weighted by Crippen LogP contribution is -2.27. The number of imidazole rings is 2. The third kappa shape index (κ3) is 3.15. The zero-order valence-electron chi connectivity index (χ0n) is 17.6. The highest BCUT2D eigenvalue weighted by Gasteiger charge is 2.19. The average molecular weight is 428 g/mol. The zero-order valence-corrected chi connectivity index (χ0v) is 17.6. The summed E-state index contributed by atoms with van der Waals surface area (Å²) in [6, 6.07) is 9.43. The molecule has 0 unspecified atom stereocenters. The SMILES string of the molecule is CCOC(=O)Cn1c(=O)n(-c2cnc(-c3cccn4cncc34)cn2)c2c(C)cccc21. The molecule has 9 heteroatoms. The molecule has 0 aliphatic carbocycles. The number of benzene rings is 1. The van der Waals surface area contributed by atoms with Crippen LogP contribution in [0.4, 0.5) is 0 Å². The summed E-state index contributed by atoms with van der Waals surface area (Å²) < 4.78 is 9.84. The van der Waals surface area contributed by atoms with Crippen molar-refractivity contribution in [3.05, 3.63) is 77.5 Å². The normalized spacial score (nSPS) is 11.3. The number of carbonyl (C=O) groups excluding carboxylic acids is 1. The molecular weight excluding hydrogens is 408 g/mol. The number of aromatic nitrogens is 6. The summed E-state index contributed by atoms with van der Waals surface area (Å²) in [7, 11) is 0. The van der Waals surface area contributed by atoms with Crippen LogP contribution in [0.15, 0.2) is 66.2 Å². The topological polar surface area (TPSA) is 96.3 Å². The van der Waals surface area contributed by atoms with Crippen LogP contribution in [-0.4, -0.2) is 41.1 Å². The molecule has 0 atom stereocenters. The van der Waals surface area contributed by atoms with Gasteiger partial charge in [-0.15, -0.1) is 0 Å². The molecule has 160 valence electrons. The number of para-hydroxylation sites is 1. The van der Waals surface area contributed by atoms with E-state index in [1.54, 1.807) is 31.8 Å². The summed E-state index contributed by atoms with van der Waals surface area (Å²) in [5, 5.41) is 0. The Morgan fingerprint density at radius 2 is 1.94 bits per heavy atom. The summed E-state index contributed by atoms with van der Waals surface area (Å²) in [5.74, 6) is -0.0911. The number of pyridine rings is 1. The Kier molecular flexibility index (Phi) is 4.78. The van der Waals surface area contributed by atoms with Crippen molar-refractivity contribution in [3.8, 4) is 17.1 Å². The molecule has 0 spiro atoms. The van der Waals surface area contributed by atoms with Gasteiger partial charge in [-0.3, -0.25) is 14.3 Å². The van der Waals surface area contributed by atoms with Gasteiger partial charge in [-0.25, -0.2) is 19.3 Å². The first-order valence-electron chi connectivity index (χ1n) is 10.2. The van der Waals surface area contributed by atoms with E-state index in [2.05, 4.69) is 15.0 Å². The Hall–Kier alpha value is -4.27. The van der Waals surface area contributed by atoms with Crippen LogP contribution in [0.2, 0.25) is 0 Å². The minimum absolute atomic E-state index is 0.172. The first-order chi connectivity index (χ1) is 15.6. The molecule has 0 fully saturated rings. The summed E-state index contributed by atoms with van der Waals surface area (Å²) in [6.07, 6.45) is 8.60. The molecule has 0 saturated carbocycles. The molecule has 0 radical (unpaired) electrons. The second-order valence-corrected chi connectivity index (χ2v) is 7.32. The lowest BCUT2D eigenvalue weighted by molar-refractivity contribution is -0.143. The first kappa shape index (κ1) is 19.7. The Bertz CT molecular complexity index is 1510. The average Bonchev–Trinajstić information content (AvgIpc) is 3.38. The summed E-state index contributed by atoms with van der Waals surface area (Å²) in [5.41, 5.74) is 4.30. The number of ether oxygens (including phenoxy) is 1. The van der Waals surface area contributed by atoms with E-state index in [1.807, 2.05) is 47.9 Å². The van der Waals surface area contributed by atoms with Crippen LogP contribution >= 0.6 is 0 Å². The summed E-state index contributed by atoms with van der Waals surface area (Å²) >= 11 is 0. The van der Waals surface area contributed by atoms with E-state index in [0.29, 0.717) is 22.5 Å². The second-order valence-electron chi connectivity index (χ2n) is 7.32. The molecular formula is C23H20N6O3. The third-order valence-corrected chi connectivity index (χ3v) is 5.34. The number of fused-ring (bicyclic) bond motifs is 2. The van der Waals surface area contributed by atoms with Crippen LogP contribution in [0.3, 0.4) is 0 Å². The van der Waals surface area contributed by atoms with E-state index in [0.717, 1.165) is 16.6 Å². The quantitative estimate of drug-likeness (QED) is 0.400. The van der Waals surface area contributed by atoms with Crippen molar-refractivity contribution in [2.24, 2.45) is 0 Å². The number of rotatable bonds is 5. The first-order valence-corrected chi connectivity index (χ1v) is 10.2. The summed E-state index contributed by atoms with van der Waals surface area (Å²) in [6.45, 7) is 3.72. The Morgan fingerprint density at radius 3 is 2.72 bits per heavy atom. The molecule has 0 aliphatic rings. The fourth-order valence-corrected chi connectivity index (χ4v) is 3.91. The summed E-state index contributed by atoms with van der Waals surface area (Å²) in [4.78, 5) is 38.7. The molecule has 0 N–H and O–H groups in total. The molecule has 4 heterocycles. The third-order valence-electron chi connectivity index (χ3n) is 5.34. The van der Waals surface area contributed by atoms with Crippen LogP contribution in [0, 0.1) is 6.92 Å². The highest BCUT2D eigenvalue weighted by atomic mass is 16.5. The van der Waals surface area contributed by atoms with Gasteiger partial charge in [-0.1, -0.05) is 12.1 Å². The highest BCUT2D eigenvalue weighted by Crippen LogP contribution is 2.24. The van der Waals surface area contributed by atoms with Gasteiger partial charge in [0.15, 0.2) is 5.82 Å². The Morgan fingerprint density at radius 1 is 1.06 bits per heavy atom.